The van der Waals surface area contributed by atoms with Gasteiger partial charge in [0.25, 0.3) is 0 Å². The molecule has 0 bridgehead atoms. The zero-order valence-corrected chi connectivity index (χ0v) is 10.8. The summed E-state index contributed by atoms with van der Waals surface area (Å²) >= 11 is 0. The zero-order valence-electron chi connectivity index (χ0n) is 10.8. The van der Waals surface area contributed by atoms with Gasteiger partial charge in [-0.3, -0.25) is 0 Å². The van der Waals surface area contributed by atoms with Gasteiger partial charge in [-0.05, 0) is 37.1 Å². The van der Waals surface area contributed by atoms with E-state index in [0.29, 0.717) is 12.3 Å². The van der Waals surface area contributed by atoms with E-state index in [1.165, 1.54) is 11.1 Å². The van der Waals surface area contributed by atoms with Crippen molar-refractivity contribution in [2.75, 3.05) is 0 Å². The second-order valence-electron chi connectivity index (χ2n) is 4.49. The molecule has 0 aliphatic rings. The molecular weight excluding hydrogens is 226 g/mol. The van der Waals surface area contributed by atoms with Gasteiger partial charge < -0.3 is 14.8 Å². The van der Waals surface area contributed by atoms with Crippen molar-refractivity contribution in [1.29, 1.82) is 0 Å². The Morgan fingerprint density at radius 1 is 1.17 bits per heavy atom. The maximum atomic E-state index is 8.93. The van der Waals surface area contributed by atoms with Crippen molar-refractivity contribution in [2.24, 2.45) is 0 Å². The first-order valence-electron chi connectivity index (χ1n) is 6.18. The van der Waals surface area contributed by atoms with Gasteiger partial charge in [0.05, 0.1) is 6.54 Å². The summed E-state index contributed by atoms with van der Waals surface area (Å²) in [6.45, 7) is 4.87. The Kier molecular flexibility index (Phi) is 4.18. The highest BCUT2D eigenvalue weighted by molar-refractivity contribution is 5.28. The minimum absolute atomic E-state index is 0.0483. The zero-order chi connectivity index (χ0) is 13.0. The molecule has 3 nitrogen and oxygen atoms in total. The number of hydrogen-bond acceptors (Lipinski definition) is 3. The monoisotopic (exact) mass is 245 g/mol. The fourth-order valence-electron chi connectivity index (χ4n) is 2.04. The number of benzene rings is 1. The summed E-state index contributed by atoms with van der Waals surface area (Å²) in [5.74, 6) is 1.45. The number of nitrogens with one attached hydrogen (secondary N) is 1. The maximum Gasteiger partial charge on any atom is 0.129 e. The molecule has 3 heteroatoms. The van der Waals surface area contributed by atoms with Gasteiger partial charge in [-0.2, -0.15) is 0 Å². The summed E-state index contributed by atoms with van der Waals surface area (Å²) in [5, 5.41) is 12.3. The highest BCUT2D eigenvalue weighted by Crippen LogP contribution is 2.17. The van der Waals surface area contributed by atoms with Gasteiger partial charge in [-0.1, -0.05) is 24.3 Å². The van der Waals surface area contributed by atoms with Crippen LogP contribution in [0, 0.1) is 6.92 Å². The van der Waals surface area contributed by atoms with Gasteiger partial charge in [-0.15, -0.1) is 0 Å². The highest BCUT2D eigenvalue weighted by Gasteiger charge is 2.08. The lowest BCUT2D eigenvalue weighted by Crippen LogP contribution is -2.18. The lowest BCUT2D eigenvalue weighted by atomic mass is 10.0. The Morgan fingerprint density at radius 2 is 1.89 bits per heavy atom. The predicted molar refractivity (Wildman–Crippen MR) is 71.1 cm³/mol. The SMILES string of the molecule is Cc1ccccc1[C@@H](C)NCc1ccc(CO)o1. The molecule has 0 aliphatic heterocycles. The summed E-state index contributed by atoms with van der Waals surface area (Å²) in [5.41, 5.74) is 2.58. The Labute approximate surface area is 107 Å². The molecule has 0 spiro atoms. The van der Waals surface area contributed by atoms with E-state index in [0.717, 1.165) is 5.76 Å². The second-order valence-corrected chi connectivity index (χ2v) is 4.49. The number of furan rings is 1. The molecule has 0 saturated heterocycles. The van der Waals surface area contributed by atoms with Gasteiger partial charge in [-0.25, -0.2) is 0 Å². The third-order valence-electron chi connectivity index (χ3n) is 3.11. The van der Waals surface area contributed by atoms with Crippen LogP contribution in [0.5, 0.6) is 0 Å². The van der Waals surface area contributed by atoms with Crippen molar-refractivity contribution in [1.82, 2.24) is 5.32 Å². The van der Waals surface area contributed by atoms with Gasteiger partial charge >= 0.3 is 0 Å². The molecule has 0 radical (unpaired) electrons. The average molecular weight is 245 g/mol. The predicted octanol–water partition coefficient (Wildman–Crippen LogP) is 2.93. The molecule has 2 aromatic rings. The molecule has 0 unspecified atom stereocenters. The quantitative estimate of drug-likeness (QED) is 0.851. The lowest BCUT2D eigenvalue weighted by molar-refractivity contribution is 0.242. The largest absolute Gasteiger partial charge is 0.462 e. The molecule has 0 aliphatic carbocycles. The van der Waals surface area contributed by atoms with Crippen molar-refractivity contribution >= 4 is 0 Å². The Balaban J connectivity index is 1.96. The highest BCUT2D eigenvalue weighted by atomic mass is 16.4. The Bertz CT molecular complexity index is 505. The molecule has 1 atom stereocenters. The third-order valence-corrected chi connectivity index (χ3v) is 3.11. The molecule has 96 valence electrons. The van der Waals surface area contributed by atoms with Crippen LogP contribution in [-0.4, -0.2) is 5.11 Å². The van der Waals surface area contributed by atoms with Gasteiger partial charge in [0.1, 0.15) is 18.1 Å². The van der Waals surface area contributed by atoms with Crippen LogP contribution in [-0.2, 0) is 13.2 Å². The summed E-state index contributed by atoms with van der Waals surface area (Å²) in [6, 6.07) is 12.3. The van der Waals surface area contributed by atoms with Crippen LogP contribution in [0.3, 0.4) is 0 Å². The summed E-state index contributed by atoms with van der Waals surface area (Å²) < 4.78 is 5.44. The molecular formula is C15H19NO2. The van der Waals surface area contributed by atoms with Crippen LogP contribution in [0.25, 0.3) is 0 Å². The van der Waals surface area contributed by atoms with Crippen molar-refractivity contribution in [2.45, 2.75) is 33.0 Å². The van der Waals surface area contributed by atoms with Crippen molar-refractivity contribution < 1.29 is 9.52 Å². The topological polar surface area (TPSA) is 45.4 Å². The molecule has 0 saturated carbocycles. The molecule has 2 rings (SSSR count). The van der Waals surface area contributed by atoms with E-state index in [1.54, 1.807) is 6.07 Å². The van der Waals surface area contributed by atoms with E-state index in [1.807, 2.05) is 12.1 Å². The molecule has 18 heavy (non-hydrogen) atoms. The van der Waals surface area contributed by atoms with E-state index in [9.17, 15) is 0 Å². The molecule has 1 aromatic heterocycles. The first-order valence-corrected chi connectivity index (χ1v) is 6.18. The average Bonchev–Trinajstić information content (AvgIpc) is 2.84. The van der Waals surface area contributed by atoms with Crippen LogP contribution in [0.1, 0.15) is 35.6 Å². The minimum Gasteiger partial charge on any atom is -0.462 e. The van der Waals surface area contributed by atoms with Crippen molar-refractivity contribution in [3.63, 3.8) is 0 Å². The van der Waals surface area contributed by atoms with E-state index < -0.39 is 0 Å². The first-order chi connectivity index (χ1) is 8.70. The van der Waals surface area contributed by atoms with Crippen LogP contribution in [0.4, 0.5) is 0 Å². The Morgan fingerprint density at radius 3 is 2.56 bits per heavy atom. The fourth-order valence-corrected chi connectivity index (χ4v) is 2.04. The number of aliphatic hydroxyl groups excluding tert-OH is 1. The lowest BCUT2D eigenvalue weighted by Gasteiger charge is -2.15. The Hall–Kier alpha value is -1.58. The van der Waals surface area contributed by atoms with Crippen LogP contribution < -0.4 is 5.32 Å². The van der Waals surface area contributed by atoms with Crippen molar-refractivity contribution in [3.05, 3.63) is 59.0 Å². The second kappa shape index (κ2) is 5.85. The molecule has 2 N–H and O–H groups in total. The summed E-state index contributed by atoms with van der Waals surface area (Å²) in [7, 11) is 0. The van der Waals surface area contributed by atoms with E-state index in [4.69, 9.17) is 9.52 Å². The third kappa shape index (κ3) is 3.00. The number of hydrogen-bond donors (Lipinski definition) is 2. The minimum atomic E-state index is -0.0483. The van der Waals surface area contributed by atoms with Gasteiger partial charge in [0, 0.05) is 6.04 Å². The van der Waals surface area contributed by atoms with E-state index >= 15 is 0 Å². The first kappa shape index (κ1) is 12.9. The summed E-state index contributed by atoms with van der Waals surface area (Å²) in [4.78, 5) is 0. The number of aliphatic hydroxyl groups is 1. The van der Waals surface area contributed by atoms with E-state index in [2.05, 4.69) is 37.4 Å². The van der Waals surface area contributed by atoms with Gasteiger partial charge in [0.2, 0.25) is 0 Å². The number of aryl methyl sites for hydroxylation is 1. The van der Waals surface area contributed by atoms with Gasteiger partial charge in [0.15, 0.2) is 0 Å². The standard InChI is InChI=1S/C15H19NO2/c1-11-5-3-4-6-15(11)12(2)16-9-13-7-8-14(10-17)18-13/h3-8,12,16-17H,9-10H2,1-2H3/t12-/m1/s1. The smallest absolute Gasteiger partial charge is 0.129 e. The van der Waals surface area contributed by atoms with Crippen molar-refractivity contribution in [3.8, 4) is 0 Å². The van der Waals surface area contributed by atoms with Crippen LogP contribution in [0.15, 0.2) is 40.8 Å². The molecule has 1 heterocycles. The van der Waals surface area contributed by atoms with E-state index in [-0.39, 0.29) is 12.6 Å². The van der Waals surface area contributed by atoms with Crippen LogP contribution in [0.2, 0.25) is 0 Å². The normalized spacial score (nSPS) is 12.6. The number of rotatable bonds is 5. The molecule has 0 fully saturated rings. The molecule has 0 amide bonds. The maximum absolute atomic E-state index is 8.93. The summed E-state index contributed by atoms with van der Waals surface area (Å²) in [6.07, 6.45) is 0. The molecule has 1 aromatic carbocycles. The fraction of sp³-hybridized carbons (Fsp3) is 0.333. The van der Waals surface area contributed by atoms with Crippen LogP contribution >= 0.6 is 0 Å².